The van der Waals surface area contributed by atoms with Gasteiger partial charge in [-0.2, -0.15) is 13.2 Å². The van der Waals surface area contributed by atoms with Gasteiger partial charge in [0, 0.05) is 27.2 Å². The van der Waals surface area contributed by atoms with Crippen molar-refractivity contribution < 1.29 is 27.4 Å². The van der Waals surface area contributed by atoms with Gasteiger partial charge in [0.05, 0.1) is 5.56 Å². The number of aryl methyl sites for hydroxylation is 1. The molecule has 0 aliphatic carbocycles. The number of hydrogen-bond donors (Lipinski definition) is 0. The molecule has 1 atom stereocenters. The minimum Gasteiger partial charge on any atom is -0.331 e. The zero-order chi connectivity index (χ0) is 23.9. The van der Waals surface area contributed by atoms with E-state index >= 15 is 0 Å². The summed E-state index contributed by atoms with van der Waals surface area (Å²) in [5, 5.41) is 0. The summed E-state index contributed by atoms with van der Waals surface area (Å²) < 4.78 is 55.5. The maximum absolute atomic E-state index is 12.9. The van der Waals surface area contributed by atoms with E-state index in [0.29, 0.717) is 6.42 Å². The molecule has 0 N–H and O–H groups in total. The highest BCUT2D eigenvalue weighted by Gasteiger charge is 2.39. The van der Waals surface area contributed by atoms with Gasteiger partial charge >= 0.3 is 6.18 Å². The second kappa shape index (κ2) is 15.7. The lowest BCUT2D eigenvalue weighted by Crippen LogP contribution is -2.44. The van der Waals surface area contributed by atoms with Crippen LogP contribution in [0.5, 0.6) is 0 Å². The number of ether oxygens (including phenoxy) is 3. The van der Waals surface area contributed by atoms with E-state index in [-0.39, 0.29) is 5.92 Å². The van der Waals surface area contributed by atoms with Crippen LogP contribution in [0, 0.1) is 5.92 Å². The van der Waals surface area contributed by atoms with Gasteiger partial charge in [0.1, 0.15) is 0 Å². The van der Waals surface area contributed by atoms with Crippen LogP contribution in [-0.4, -0.2) is 27.3 Å². The van der Waals surface area contributed by atoms with E-state index in [2.05, 4.69) is 6.92 Å². The summed E-state index contributed by atoms with van der Waals surface area (Å²) in [7, 11) is 4.86. The molecule has 32 heavy (non-hydrogen) atoms. The lowest BCUT2D eigenvalue weighted by atomic mass is 9.91. The molecular formula is C26H43F3O3. The topological polar surface area (TPSA) is 27.7 Å². The van der Waals surface area contributed by atoms with E-state index in [1.54, 1.807) is 27.4 Å². The lowest BCUT2D eigenvalue weighted by Gasteiger charge is -2.36. The van der Waals surface area contributed by atoms with Crippen LogP contribution < -0.4 is 0 Å². The summed E-state index contributed by atoms with van der Waals surface area (Å²) >= 11 is 0. The Morgan fingerprint density at radius 1 is 0.750 bits per heavy atom. The molecule has 1 rings (SSSR count). The number of alkyl halides is 3. The molecule has 0 amide bonds. The first kappa shape index (κ1) is 28.9. The van der Waals surface area contributed by atoms with E-state index in [1.807, 2.05) is 0 Å². The highest BCUT2D eigenvalue weighted by atomic mass is 19.4. The minimum atomic E-state index is -4.28. The molecule has 0 heterocycles. The first-order chi connectivity index (χ1) is 15.3. The summed E-state index contributed by atoms with van der Waals surface area (Å²) in [4.78, 5) is 0. The number of methoxy groups -OCH3 is 3. The van der Waals surface area contributed by atoms with Crippen LogP contribution in [0.15, 0.2) is 24.3 Å². The first-order valence-electron chi connectivity index (χ1n) is 12.1. The fraction of sp³-hybridized carbons (Fsp3) is 0.769. The van der Waals surface area contributed by atoms with Crippen molar-refractivity contribution >= 4 is 0 Å². The smallest absolute Gasteiger partial charge is 0.331 e. The van der Waals surface area contributed by atoms with Crippen LogP contribution >= 0.6 is 0 Å². The van der Waals surface area contributed by atoms with Crippen LogP contribution in [0.3, 0.4) is 0 Å². The summed E-state index contributed by atoms with van der Waals surface area (Å²) in [5.41, 5.74) is 0.181. The fourth-order valence-electron chi connectivity index (χ4n) is 4.40. The zero-order valence-corrected chi connectivity index (χ0v) is 20.4. The third kappa shape index (κ3) is 10.2. The Kier molecular flexibility index (Phi) is 14.2. The quantitative estimate of drug-likeness (QED) is 0.163. The Morgan fingerprint density at radius 2 is 1.28 bits per heavy atom. The van der Waals surface area contributed by atoms with Crippen molar-refractivity contribution in [1.29, 1.82) is 0 Å². The number of benzene rings is 1. The van der Waals surface area contributed by atoms with Gasteiger partial charge in [0.15, 0.2) is 0 Å². The number of hydrogen-bond acceptors (Lipinski definition) is 3. The zero-order valence-electron chi connectivity index (χ0n) is 20.4. The first-order valence-corrected chi connectivity index (χ1v) is 12.1. The number of halogens is 3. The summed E-state index contributed by atoms with van der Waals surface area (Å²) in [6, 6.07) is 5.66. The van der Waals surface area contributed by atoms with E-state index in [1.165, 1.54) is 44.2 Å². The monoisotopic (exact) mass is 460 g/mol. The fourth-order valence-corrected chi connectivity index (χ4v) is 4.40. The van der Waals surface area contributed by atoms with Crippen molar-refractivity contribution in [2.24, 2.45) is 5.92 Å². The average Bonchev–Trinajstić information content (AvgIpc) is 2.78. The van der Waals surface area contributed by atoms with Crippen LogP contribution in [0.4, 0.5) is 13.2 Å². The van der Waals surface area contributed by atoms with Crippen molar-refractivity contribution in [2.45, 2.75) is 103 Å². The Balaban J connectivity index is 2.44. The maximum Gasteiger partial charge on any atom is 0.416 e. The van der Waals surface area contributed by atoms with E-state index in [0.717, 1.165) is 56.6 Å². The third-order valence-electron chi connectivity index (χ3n) is 6.28. The van der Waals surface area contributed by atoms with Gasteiger partial charge in [-0.05, 0) is 37.3 Å². The molecule has 1 aromatic carbocycles. The van der Waals surface area contributed by atoms with Crippen molar-refractivity contribution in [3.05, 3.63) is 35.4 Å². The Hall–Kier alpha value is -1.11. The van der Waals surface area contributed by atoms with Crippen LogP contribution in [0.1, 0.15) is 95.1 Å². The molecule has 1 unspecified atom stereocenters. The van der Waals surface area contributed by atoms with Crippen LogP contribution in [0.25, 0.3) is 0 Å². The maximum atomic E-state index is 12.9. The van der Waals surface area contributed by atoms with E-state index in [9.17, 15) is 13.2 Å². The SMILES string of the molecule is CCCCCCCCC(CCCCCCc1cccc(C(F)(F)F)c1)C(OC)(OC)OC. The Bertz CT molecular complexity index is 592. The molecule has 0 fully saturated rings. The molecule has 0 spiro atoms. The number of unbranched alkanes of at least 4 members (excludes halogenated alkanes) is 8. The van der Waals surface area contributed by atoms with Crippen molar-refractivity contribution in [1.82, 2.24) is 0 Å². The molecule has 186 valence electrons. The highest BCUT2D eigenvalue weighted by Crippen LogP contribution is 2.33. The van der Waals surface area contributed by atoms with E-state index < -0.39 is 17.7 Å². The standard InChI is InChI=1S/C26H43F3O3/c1-5-6-7-8-9-13-18-23(26(30-2,31-3)32-4)19-14-11-10-12-16-22-17-15-20-24(21-22)25(27,28)29/h15,17,20-21,23H,5-14,16,18-19H2,1-4H3. The summed E-state index contributed by atoms with van der Waals surface area (Å²) in [5.74, 6) is -0.862. The van der Waals surface area contributed by atoms with Crippen molar-refractivity contribution in [3.8, 4) is 0 Å². The molecule has 0 aliphatic rings. The molecule has 6 heteroatoms. The molecule has 0 saturated heterocycles. The third-order valence-corrected chi connectivity index (χ3v) is 6.28. The molecule has 0 bridgehead atoms. The Labute approximate surface area is 193 Å². The predicted octanol–water partition coefficient (Wildman–Crippen LogP) is 8.16. The number of rotatable bonds is 18. The highest BCUT2D eigenvalue weighted by molar-refractivity contribution is 5.25. The van der Waals surface area contributed by atoms with Crippen LogP contribution in [-0.2, 0) is 26.8 Å². The minimum absolute atomic E-state index is 0.150. The van der Waals surface area contributed by atoms with Gasteiger partial charge in [-0.25, -0.2) is 0 Å². The average molecular weight is 461 g/mol. The summed E-state index contributed by atoms with van der Waals surface area (Å²) in [6.45, 7) is 2.22. The molecule has 0 radical (unpaired) electrons. The summed E-state index contributed by atoms with van der Waals surface area (Å²) in [6.07, 6.45) is 9.66. The normalized spacial score (nSPS) is 13.5. The second-order valence-corrected chi connectivity index (χ2v) is 8.62. The second-order valence-electron chi connectivity index (χ2n) is 8.62. The molecule has 0 aliphatic heterocycles. The van der Waals surface area contributed by atoms with Crippen molar-refractivity contribution in [2.75, 3.05) is 21.3 Å². The van der Waals surface area contributed by atoms with Gasteiger partial charge < -0.3 is 14.2 Å². The van der Waals surface area contributed by atoms with Crippen molar-refractivity contribution in [3.63, 3.8) is 0 Å². The van der Waals surface area contributed by atoms with E-state index in [4.69, 9.17) is 14.2 Å². The molecule has 3 nitrogen and oxygen atoms in total. The van der Waals surface area contributed by atoms with Gasteiger partial charge in [-0.3, -0.25) is 0 Å². The van der Waals surface area contributed by atoms with Gasteiger partial charge in [-0.15, -0.1) is 0 Å². The van der Waals surface area contributed by atoms with Gasteiger partial charge in [-0.1, -0.05) is 82.9 Å². The Morgan fingerprint density at radius 3 is 1.81 bits per heavy atom. The molecule has 1 aromatic rings. The lowest BCUT2D eigenvalue weighted by molar-refractivity contribution is -0.380. The molecule has 0 aromatic heterocycles. The molecular weight excluding hydrogens is 417 g/mol. The van der Waals surface area contributed by atoms with Gasteiger partial charge in [0.25, 0.3) is 5.97 Å². The largest absolute Gasteiger partial charge is 0.416 e. The molecule has 0 saturated carbocycles. The van der Waals surface area contributed by atoms with Crippen LogP contribution in [0.2, 0.25) is 0 Å². The predicted molar refractivity (Wildman–Crippen MR) is 123 cm³/mol. The van der Waals surface area contributed by atoms with Gasteiger partial charge in [0.2, 0.25) is 0 Å².